The fourth-order valence-electron chi connectivity index (χ4n) is 4.63. The van der Waals surface area contributed by atoms with Gasteiger partial charge in [0.25, 0.3) is 0 Å². The standard InChI is InChI=1S/C38H57F3N2O9S/c1-31-6-8-33(9-7-31)4-3-5-36(44)10-12-45-14-16-47-18-20-49-22-24-51-26-27-52-25-23-50-21-19-48-17-15-46-13-11-42-37(53)43-35-29-32(2)28-34(30-35)38(39,40)41/h6-9,28-30H,3-5,10-27H2,1-2H3,(H2,42,43,53). The maximum absolute atomic E-state index is 13.0. The van der Waals surface area contributed by atoms with Crippen LogP contribution in [-0.2, 0) is 55.3 Å². The quantitative estimate of drug-likeness (QED) is 0.0700. The number of benzene rings is 2. The molecule has 0 aliphatic heterocycles. The Balaban J connectivity index is 1.22. The van der Waals surface area contributed by atoms with E-state index in [1.807, 2.05) is 0 Å². The van der Waals surface area contributed by atoms with Gasteiger partial charge in [-0.15, -0.1) is 0 Å². The molecule has 300 valence electrons. The number of carbonyl (C=O) groups is 1. The molecule has 0 unspecified atom stereocenters. The van der Waals surface area contributed by atoms with E-state index >= 15 is 0 Å². The Morgan fingerprint density at radius 1 is 0.604 bits per heavy atom. The number of ketones is 1. The van der Waals surface area contributed by atoms with Crippen molar-refractivity contribution in [1.29, 1.82) is 0 Å². The van der Waals surface area contributed by atoms with Crippen LogP contribution in [0.2, 0.25) is 0 Å². The first-order valence-electron chi connectivity index (χ1n) is 18.1. The van der Waals surface area contributed by atoms with E-state index in [0.29, 0.717) is 131 Å². The van der Waals surface area contributed by atoms with Crippen molar-refractivity contribution >= 4 is 28.8 Å². The molecular weight excluding hydrogens is 717 g/mol. The number of carbonyl (C=O) groups excluding carboxylic acids is 1. The molecule has 0 amide bonds. The molecule has 0 heterocycles. The lowest BCUT2D eigenvalue weighted by molar-refractivity contribution is -0.137. The van der Waals surface area contributed by atoms with Crippen molar-refractivity contribution < 1.29 is 55.9 Å². The second kappa shape index (κ2) is 29.6. The van der Waals surface area contributed by atoms with E-state index in [0.717, 1.165) is 25.0 Å². The highest BCUT2D eigenvalue weighted by atomic mass is 32.1. The first kappa shape index (κ1) is 46.4. The second-order valence-electron chi connectivity index (χ2n) is 12.0. The Morgan fingerprint density at radius 2 is 1.06 bits per heavy atom. The molecule has 2 N–H and O–H groups in total. The van der Waals surface area contributed by atoms with E-state index in [4.69, 9.17) is 50.1 Å². The van der Waals surface area contributed by atoms with E-state index in [1.54, 1.807) is 13.0 Å². The van der Waals surface area contributed by atoms with Crippen molar-refractivity contribution in [1.82, 2.24) is 5.32 Å². The highest BCUT2D eigenvalue weighted by Crippen LogP contribution is 2.31. The third kappa shape index (κ3) is 25.8. The van der Waals surface area contributed by atoms with Crippen molar-refractivity contribution in [3.05, 3.63) is 64.7 Å². The zero-order chi connectivity index (χ0) is 38.4. The van der Waals surface area contributed by atoms with E-state index < -0.39 is 11.7 Å². The number of rotatable bonds is 32. The van der Waals surface area contributed by atoms with Crippen LogP contribution in [0.1, 0.15) is 41.5 Å². The summed E-state index contributed by atoms with van der Waals surface area (Å²) in [5.74, 6) is 0.230. The number of hydrogen-bond acceptors (Lipinski definition) is 10. The van der Waals surface area contributed by atoms with Crippen molar-refractivity contribution in [2.24, 2.45) is 0 Å². The molecule has 0 saturated heterocycles. The number of Topliss-reactive ketones (excluding diaryl/α,β-unsaturated/α-hetero) is 1. The lowest BCUT2D eigenvalue weighted by Crippen LogP contribution is -2.31. The Kier molecular flexibility index (Phi) is 25.9. The summed E-state index contributed by atoms with van der Waals surface area (Å²) in [4.78, 5) is 12.0. The van der Waals surface area contributed by atoms with Gasteiger partial charge in [0.1, 0.15) is 5.78 Å². The Bertz CT molecular complexity index is 1260. The van der Waals surface area contributed by atoms with Crippen LogP contribution in [0.15, 0.2) is 42.5 Å². The minimum Gasteiger partial charge on any atom is -0.379 e. The molecule has 0 fully saturated rings. The van der Waals surface area contributed by atoms with Gasteiger partial charge >= 0.3 is 6.18 Å². The van der Waals surface area contributed by atoms with Gasteiger partial charge in [-0.3, -0.25) is 4.79 Å². The highest BCUT2D eigenvalue weighted by molar-refractivity contribution is 7.80. The molecule has 0 bridgehead atoms. The third-order valence-electron chi connectivity index (χ3n) is 7.37. The lowest BCUT2D eigenvalue weighted by atomic mass is 10.0. The summed E-state index contributed by atoms with van der Waals surface area (Å²) in [6, 6.07) is 12.1. The first-order valence-corrected chi connectivity index (χ1v) is 18.5. The summed E-state index contributed by atoms with van der Waals surface area (Å²) in [6.07, 6.45) is -1.63. The van der Waals surface area contributed by atoms with Crippen LogP contribution >= 0.6 is 12.2 Å². The monoisotopic (exact) mass is 774 g/mol. The number of thiocarbonyl (C=S) groups is 1. The van der Waals surface area contributed by atoms with Crippen LogP contribution in [0.25, 0.3) is 0 Å². The topological polar surface area (TPSA) is 115 Å². The van der Waals surface area contributed by atoms with Crippen LogP contribution in [0.5, 0.6) is 0 Å². The van der Waals surface area contributed by atoms with Crippen LogP contribution < -0.4 is 10.6 Å². The maximum Gasteiger partial charge on any atom is 0.416 e. The number of anilines is 1. The van der Waals surface area contributed by atoms with Crippen LogP contribution in [-0.4, -0.2) is 123 Å². The fraction of sp³-hybridized carbons (Fsp3) is 0.632. The second-order valence-corrected chi connectivity index (χ2v) is 12.4. The molecule has 0 aliphatic carbocycles. The molecule has 0 spiro atoms. The smallest absolute Gasteiger partial charge is 0.379 e. The summed E-state index contributed by atoms with van der Waals surface area (Å²) in [5.41, 5.74) is 2.52. The first-order chi connectivity index (χ1) is 25.6. The van der Waals surface area contributed by atoms with E-state index in [2.05, 4.69) is 41.8 Å². The number of aryl methyl sites for hydroxylation is 3. The fourth-order valence-corrected chi connectivity index (χ4v) is 4.85. The van der Waals surface area contributed by atoms with E-state index in [-0.39, 0.29) is 16.6 Å². The largest absolute Gasteiger partial charge is 0.416 e. The molecule has 11 nitrogen and oxygen atoms in total. The number of nitrogens with one attached hydrogen (secondary N) is 2. The third-order valence-corrected chi connectivity index (χ3v) is 7.61. The van der Waals surface area contributed by atoms with Gasteiger partial charge in [-0.25, -0.2) is 0 Å². The molecule has 15 heteroatoms. The van der Waals surface area contributed by atoms with Gasteiger partial charge in [-0.2, -0.15) is 13.2 Å². The highest BCUT2D eigenvalue weighted by Gasteiger charge is 2.31. The molecule has 2 rings (SSSR count). The molecule has 0 aromatic heterocycles. The summed E-state index contributed by atoms with van der Waals surface area (Å²) >= 11 is 5.15. The molecule has 0 saturated carbocycles. The van der Waals surface area contributed by atoms with Gasteiger partial charge in [0.05, 0.1) is 111 Å². The predicted molar refractivity (Wildman–Crippen MR) is 201 cm³/mol. The predicted octanol–water partition coefficient (Wildman–Crippen LogP) is 5.72. The average Bonchev–Trinajstić information content (AvgIpc) is 3.11. The summed E-state index contributed by atoms with van der Waals surface area (Å²) in [6.45, 7) is 11.0. The van der Waals surface area contributed by atoms with Crippen LogP contribution in [0.4, 0.5) is 18.9 Å². The number of alkyl halides is 3. The molecule has 0 radical (unpaired) electrons. The Morgan fingerprint density at radius 3 is 1.53 bits per heavy atom. The van der Waals surface area contributed by atoms with Gasteiger partial charge in [-0.1, -0.05) is 29.8 Å². The molecule has 0 aliphatic rings. The molecule has 2 aromatic rings. The van der Waals surface area contributed by atoms with Crippen molar-refractivity contribution in [2.45, 2.75) is 45.7 Å². The normalized spacial score (nSPS) is 11.6. The Hall–Kier alpha value is -2.73. The Labute approximate surface area is 317 Å². The minimum atomic E-state index is -4.42. The molecule has 2 aromatic carbocycles. The number of hydrogen-bond donors (Lipinski definition) is 2. The molecular formula is C38H57F3N2O9S. The summed E-state index contributed by atoms with van der Waals surface area (Å²) in [7, 11) is 0. The van der Waals surface area contributed by atoms with Gasteiger partial charge in [0.2, 0.25) is 0 Å². The van der Waals surface area contributed by atoms with Gasteiger partial charge in [0.15, 0.2) is 5.11 Å². The van der Waals surface area contributed by atoms with Crippen molar-refractivity contribution in [3.8, 4) is 0 Å². The van der Waals surface area contributed by atoms with Gasteiger partial charge < -0.3 is 48.5 Å². The minimum absolute atomic E-state index is 0.210. The average molecular weight is 775 g/mol. The van der Waals surface area contributed by atoms with Gasteiger partial charge in [0, 0.05) is 25.1 Å². The summed E-state index contributed by atoms with van der Waals surface area (Å²) in [5, 5.41) is 5.87. The van der Waals surface area contributed by atoms with E-state index in [9.17, 15) is 18.0 Å². The summed E-state index contributed by atoms with van der Waals surface area (Å²) < 4.78 is 82.8. The van der Waals surface area contributed by atoms with Crippen molar-refractivity contribution in [2.75, 3.05) is 118 Å². The number of halogens is 3. The maximum atomic E-state index is 13.0. The lowest BCUT2D eigenvalue weighted by Gasteiger charge is -2.14. The van der Waals surface area contributed by atoms with Crippen molar-refractivity contribution in [3.63, 3.8) is 0 Å². The molecule has 0 atom stereocenters. The molecule has 53 heavy (non-hydrogen) atoms. The van der Waals surface area contributed by atoms with E-state index in [1.165, 1.54) is 11.1 Å². The van der Waals surface area contributed by atoms with Crippen LogP contribution in [0, 0.1) is 13.8 Å². The zero-order valence-corrected chi connectivity index (χ0v) is 31.9. The number of ether oxygens (including phenoxy) is 8. The van der Waals surface area contributed by atoms with Crippen LogP contribution in [0.3, 0.4) is 0 Å². The zero-order valence-electron chi connectivity index (χ0n) is 31.1. The van der Waals surface area contributed by atoms with Gasteiger partial charge in [-0.05, 0) is 68.2 Å². The SMILES string of the molecule is Cc1ccc(CCCC(=O)CCOCCOCCOCCOCCOCCOCCOCCOCCNC(=S)Nc2cc(C)cc(C(F)(F)F)c2)cc1.